The van der Waals surface area contributed by atoms with Crippen LogP contribution in [0.25, 0.3) is 0 Å². The number of rotatable bonds is 2. The maximum atomic E-state index is 6.11. The Labute approximate surface area is 79.2 Å². The summed E-state index contributed by atoms with van der Waals surface area (Å²) >= 11 is 0. The molecule has 1 aliphatic carbocycles. The van der Waals surface area contributed by atoms with Crippen molar-refractivity contribution in [3.63, 3.8) is 0 Å². The molecule has 1 aliphatic rings. The summed E-state index contributed by atoms with van der Waals surface area (Å²) in [6.07, 6.45) is 3.89. The molecular weight excluding hydrogens is 160 g/mol. The largest absolute Gasteiger partial charge is 0.322 e. The first-order chi connectivity index (χ1) is 6.27. The summed E-state index contributed by atoms with van der Waals surface area (Å²) in [5.41, 5.74) is 8.23. The second kappa shape index (κ2) is 3.46. The van der Waals surface area contributed by atoms with E-state index in [0.717, 1.165) is 11.4 Å². The van der Waals surface area contributed by atoms with Gasteiger partial charge in [0.05, 0.1) is 5.69 Å². The molecule has 0 saturated heterocycles. The molecule has 0 aromatic carbocycles. The first kappa shape index (κ1) is 8.70. The summed E-state index contributed by atoms with van der Waals surface area (Å²) in [6.45, 7) is 2.01. The van der Waals surface area contributed by atoms with Gasteiger partial charge in [0.1, 0.15) is 0 Å². The fourth-order valence-corrected chi connectivity index (χ4v) is 1.79. The Bertz CT molecular complexity index is 292. The Hall–Kier alpha value is -0.890. The molecule has 1 aromatic rings. The monoisotopic (exact) mass is 176 g/mol. The molecule has 0 bridgehead atoms. The van der Waals surface area contributed by atoms with Gasteiger partial charge in [-0.15, -0.1) is 0 Å². The van der Waals surface area contributed by atoms with E-state index in [1.165, 1.54) is 19.3 Å². The van der Waals surface area contributed by atoms with E-state index in [9.17, 15) is 0 Å². The highest BCUT2D eigenvalue weighted by Crippen LogP contribution is 2.35. The third kappa shape index (κ3) is 1.73. The molecule has 2 heteroatoms. The highest BCUT2D eigenvalue weighted by molar-refractivity contribution is 5.14. The zero-order valence-electron chi connectivity index (χ0n) is 8.03. The molecule has 2 N–H and O–H groups in total. The van der Waals surface area contributed by atoms with Gasteiger partial charge in [0.15, 0.2) is 0 Å². The van der Waals surface area contributed by atoms with E-state index in [4.69, 9.17) is 5.73 Å². The topological polar surface area (TPSA) is 38.9 Å². The summed E-state index contributed by atoms with van der Waals surface area (Å²) in [5, 5.41) is 0. The van der Waals surface area contributed by atoms with Crippen LogP contribution in [0.15, 0.2) is 18.2 Å². The van der Waals surface area contributed by atoms with E-state index in [0.29, 0.717) is 5.92 Å². The van der Waals surface area contributed by atoms with Crippen molar-refractivity contribution in [1.29, 1.82) is 0 Å². The van der Waals surface area contributed by atoms with Crippen molar-refractivity contribution in [3.05, 3.63) is 29.6 Å². The van der Waals surface area contributed by atoms with E-state index >= 15 is 0 Å². The van der Waals surface area contributed by atoms with Gasteiger partial charge in [-0.1, -0.05) is 12.5 Å². The van der Waals surface area contributed by atoms with Gasteiger partial charge < -0.3 is 5.73 Å². The number of nitrogens with zero attached hydrogens (tertiary/aromatic N) is 1. The number of nitrogens with two attached hydrogens (primary N) is 1. The van der Waals surface area contributed by atoms with Crippen molar-refractivity contribution in [2.24, 2.45) is 11.7 Å². The van der Waals surface area contributed by atoms with Crippen LogP contribution in [-0.4, -0.2) is 4.98 Å². The minimum absolute atomic E-state index is 0.161. The minimum Gasteiger partial charge on any atom is -0.322 e. The molecule has 70 valence electrons. The maximum Gasteiger partial charge on any atom is 0.0577 e. The van der Waals surface area contributed by atoms with Crippen molar-refractivity contribution in [2.45, 2.75) is 32.2 Å². The molecule has 0 aliphatic heterocycles. The first-order valence-corrected chi connectivity index (χ1v) is 4.96. The van der Waals surface area contributed by atoms with E-state index in [1.807, 2.05) is 25.1 Å². The van der Waals surface area contributed by atoms with Crippen molar-refractivity contribution in [2.75, 3.05) is 0 Å². The lowest BCUT2D eigenvalue weighted by atomic mass is 9.79. The van der Waals surface area contributed by atoms with Crippen molar-refractivity contribution >= 4 is 0 Å². The normalized spacial score (nSPS) is 19.5. The van der Waals surface area contributed by atoms with Gasteiger partial charge in [-0.2, -0.15) is 0 Å². The molecule has 1 fully saturated rings. The standard InChI is InChI=1S/C11H16N2/c1-8-4-2-7-10(13-8)11(12)9-5-3-6-9/h2,4,7,9,11H,3,5-6,12H2,1H3/t11-/m0/s1. The molecular formula is C11H16N2. The number of hydrogen-bond donors (Lipinski definition) is 1. The minimum atomic E-state index is 0.161. The van der Waals surface area contributed by atoms with Gasteiger partial charge in [-0.25, -0.2) is 0 Å². The van der Waals surface area contributed by atoms with Crippen LogP contribution in [0.1, 0.15) is 36.7 Å². The van der Waals surface area contributed by atoms with E-state index in [2.05, 4.69) is 4.98 Å². The number of aryl methyl sites for hydroxylation is 1. The third-order valence-corrected chi connectivity index (χ3v) is 2.91. The van der Waals surface area contributed by atoms with E-state index in [-0.39, 0.29) is 6.04 Å². The highest BCUT2D eigenvalue weighted by Gasteiger charge is 2.26. The van der Waals surface area contributed by atoms with Crippen molar-refractivity contribution < 1.29 is 0 Å². The Kier molecular flexibility index (Phi) is 2.32. The predicted octanol–water partition coefficient (Wildman–Crippen LogP) is 2.19. The van der Waals surface area contributed by atoms with Crippen LogP contribution < -0.4 is 5.73 Å². The summed E-state index contributed by atoms with van der Waals surface area (Å²) in [4.78, 5) is 4.45. The van der Waals surface area contributed by atoms with Gasteiger partial charge in [0, 0.05) is 11.7 Å². The van der Waals surface area contributed by atoms with Crippen LogP contribution in [-0.2, 0) is 0 Å². The third-order valence-electron chi connectivity index (χ3n) is 2.91. The van der Waals surface area contributed by atoms with Crippen LogP contribution in [0, 0.1) is 12.8 Å². The van der Waals surface area contributed by atoms with Gasteiger partial charge >= 0.3 is 0 Å². The molecule has 0 amide bonds. The van der Waals surface area contributed by atoms with Crippen LogP contribution >= 0.6 is 0 Å². The molecule has 0 unspecified atom stereocenters. The maximum absolute atomic E-state index is 6.11. The molecule has 1 aromatic heterocycles. The summed E-state index contributed by atoms with van der Waals surface area (Å²) in [7, 11) is 0. The zero-order valence-corrected chi connectivity index (χ0v) is 8.03. The Morgan fingerprint density at radius 3 is 2.77 bits per heavy atom. The number of aromatic nitrogens is 1. The highest BCUT2D eigenvalue weighted by atomic mass is 14.8. The Morgan fingerprint density at radius 2 is 2.23 bits per heavy atom. The predicted molar refractivity (Wildman–Crippen MR) is 53.2 cm³/mol. The molecule has 0 spiro atoms. The van der Waals surface area contributed by atoms with Gasteiger partial charge in [0.25, 0.3) is 0 Å². The lowest BCUT2D eigenvalue weighted by Crippen LogP contribution is -2.27. The summed E-state index contributed by atoms with van der Waals surface area (Å²) in [5.74, 6) is 0.675. The number of hydrogen-bond acceptors (Lipinski definition) is 2. The SMILES string of the molecule is Cc1cccc([C@@H](N)C2CCC2)n1. The quantitative estimate of drug-likeness (QED) is 0.750. The summed E-state index contributed by atoms with van der Waals surface area (Å²) < 4.78 is 0. The van der Waals surface area contributed by atoms with Crippen LogP contribution in [0.5, 0.6) is 0 Å². The fraction of sp³-hybridized carbons (Fsp3) is 0.545. The van der Waals surface area contributed by atoms with Crippen molar-refractivity contribution in [1.82, 2.24) is 4.98 Å². The van der Waals surface area contributed by atoms with Gasteiger partial charge in [-0.05, 0) is 37.8 Å². The lowest BCUT2D eigenvalue weighted by Gasteiger charge is -2.30. The first-order valence-electron chi connectivity index (χ1n) is 4.96. The average Bonchev–Trinajstić information content (AvgIpc) is 2.01. The summed E-state index contributed by atoms with van der Waals surface area (Å²) in [6, 6.07) is 6.25. The van der Waals surface area contributed by atoms with E-state index < -0.39 is 0 Å². The molecule has 1 atom stereocenters. The second-order valence-corrected chi connectivity index (χ2v) is 3.92. The van der Waals surface area contributed by atoms with E-state index in [1.54, 1.807) is 0 Å². The number of pyridine rings is 1. The average molecular weight is 176 g/mol. The van der Waals surface area contributed by atoms with Crippen LogP contribution in [0.3, 0.4) is 0 Å². The van der Waals surface area contributed by atoms with Crippen molar-refractivity contribution in [3.8, 4) is 0 Å². The molecule has 2 rings (SSSR count). The lowest BCUT2D eigenvalue weighted by molar-refractivity contribution is 0.261. The van der Waals surface area contributed by atoms with Crippen LogP contribution in [0.2, 0.25) is 0 Å². The molecule has 2 nitrogen and oxygen atoms in total. The smallest absolute Gasteiger partial charge is 0.0577 e. The zero-order chi connectivity index (χ0) is 9.26. The molecule has 0 radical (unpaired) electrons. The second-order valence-electron chi connectivity index (χ2n) is 3.92. The van der Waals surface area contributed by atoms with Crippen LogP contribution in [0.4, 0.5) is 0 Å². The van der Waals surface area contributed by atoms with Gasteiger partial charge in [0.2, 0.25) is 0 Å². The Morgan fingerprint density at radius 1 is 1.46 bits per heavy atom. The molecule has 13 heavy (non-hydrogen) atoms. The fourth-order valence-electron chi connectivity index (χ4n) is 1.79. The van der Waals surface area contributed by atoms with Gasteiger partial charge in [-0.3, -0.25) is 4.98 Å². The Balaban J connectivity index is 2.14. The molecule has 1 heterocycles. The molecule has 1 saturated carbocycles.